The van der Waals surface area contributed by atoms with Gasteiger partial charge >= 0.3 is 0 Å². The summed E-state index contributed by atoms with van der Waals surface area (Å²) in [5, 5.41) is 8.99. The van der Waals surface area contributed by atoms with Gasteiger partial charge in [0.15, 0.2) is 0 Å². The molecule has 0 bridgehead atoms. The maximum absolute atomic E-state index is 6.23. The second kappa shape index (κ2) is 5.36. The minimum absolute atomic E-state index is 0.236. The number of hydrogen-bond acceptors (Lipinski definition) is 5. The first-order valence-corrected chi connectivity index (χ1v) is 7.50. The molecule has 0 amide bonds. The van der Waals surface area contributed by atoms with E-state index in [1.54, 1.807) is 12.4 Å². The fourth-order valence-corrected chi connectivity index (χ4v) is 3.32. The Morgan fingerprint density at radius 1 is 1.38 bits per heavy atom. The Kier molecular flexibility index (Phi) is 3.37. The highest BCUT2D eigenvalue weighted by Crippen LogP contribution is 2.31. The van der Waals surface area contributed by atoms with Gasteiger partial charge in [0.2, 0.25) is 0 Å². The van der Waals surface area contributed by atoms with E-state index in [1.165, 1.54) is 0 Å². The van der Waals surface area contributed by atoms with Crippen LogP contribution in [0.15, 0.2) is 24.7 Å². The molecule has 0 aliphatic carbocycles. The van der Waals surface area contributed by atoms with Crippen LogP contribution in [0, 0.1) is 0 Å². The lowest BCUT2D eigenvalue weighted by Gasteiger charge is -2.41. The van der Waals surface area contributed by atoms with Crippen molar-refractivity contribution in [2.75, 3.05) is 13.1 Å². The van der Waals surface area contributed by atoms with Crippen molar-refractivity contribution in [2.45, 2.75) is 31.7 Å². The first kappa shape index (κ1) is 13.2. The van der Waals surface area contributed by atoms with Crippen molar-refractivity contribution in [3.63, 3.8) is 0 Å². The zero-order chi connectivity index (χ0) is 14.2. The molecular weight excluding hydrogens is 290 g/mol. The van der Waals surface area contributed by atoms with Crippen molar-refractivity contribution in [2.24, 2.45) is 0 Å². The summed E-state index contributed by atoms with van der Waals surface area (Å²) in [4.78, 5) is 6.54. The monoisotopic (exact) mass is 305 g/mol. The van der Waals surface area contributed by atoms with Gasteiger partial charge in [-0.05, 0) is 12.5 Å². The van der Waals surface area contributed by atoms with E-state index in [2.05, 4.69) is 20.2 Å². The van der Waals surface area contributed by atoms with Crippen LogP contribution in [0.1, 0.15) is 23.7 Å². The molecule has 2 aliphatic rings. The summed E-state index contributed by atoms with van der Waals surface area (Å²) in [6.07, 6.45) is 6.58. The van der Waals surface area contributed by atoms with E-state index in [-0.39, 0.29) is 12.1 Å². The van der Waals surface area contributed by atoms with E-state index in [1.807, 2.05) is 16.9 Å². The number of pyridine rings is 1. The summed E-state index contributed by atoms with van der Waals surface area (Å²) in [5.41, 5.74) is 2.12. The molecule has 0 saturated carbocycles. The van der Waals surface area contributed by atoms with E-state index >= 15 is 0 Å². The Balaban J connectivity index is 1.52. The lowest BCUT2D eigenvalue weighted by Crippen LogP contribution is -2.47. The number of ether oxygens (including phenoxy) is 1. The van der Waals surface area contributed by atoms with Gasteiger partial charge in [-0.15, -0.1) is 5.10 Å². The van der Waals surface area contributed by atoms with Crippen molar-refractivity contribution in [3.8, 4) is 0 Å². The molecule has 21 heavy (non-hydrogen) atoms. The number of aromatic nitrogens is 4. The second-order valence-corrected chi connectivity index (χ2v) is 5.98. The Hall–Kier alpha value is -1.50. The zero-order valence-corrected chi connectivity index (χ0v) is 12.3. The molecule has 2 atom stereocenters. The van der Waals surface area contributed by atoms with Gasteiger partial charge < -0.3 is 4.74 Å². The number of rotatable bonds is 2. The highest BCUT2D eigenvalue weighted by atomic mass is 35.5. The van der Waals surface area contributed by atoms with Crippen molar-refractivity contribution in [1.29, 1.82) is 0 Å². The maximum Gasteiger partial charge on any atom is 0.0930 e. The summed E-state index contributed by atoms with van der Waals surface area (Å²) in [7, 11) is 0. The molecule has 2 aromatic rings. The van der Waals surface area contributed by atoms with Crippen LogP contribution in [0.4, 0.5) is 0 Å². The highest BCUT2D eigenvalue weighted by molar-refractivity contribution is 6.31. The molecule has 0 aromatic carbocycles. The third-order valence-electron chi connectivity index (χ3n) is 4.25. The predicted octanol–water partition coefficient (Wildman–Crippen LogP) is 1.67. The minimum Gasteiger partial charge on any atom is -0.370 e. The topological polar surface area (TPSA) is 56.1 Å². The first-order valence-electron chi connectivity index (χ1n) is 7.12. The standard InChI is InChI=1S/C14H16ClN5O/c15-12-1-3-16-5-10(12)7-19-4-2-14-13(8-19)20-11(9-21-14)6-17-18-20/h1,3,5-6,13-14H,2,4,7-9H2/t13-,14+/m1/s1. The van der Waals surface area contributed by atoms with Crippen LogP contribution in [0.2, 0.25) is 5.02 Å². The number of nitrogens with zero attached hydrogens (tertiary/aromatic N) is 5. The summed E-state index contributed by atoms with van der Waals surface area (Å²) < 4.78 is 7.94. The van der Waals surface area contributed by atoms with Crippen LogP contribution in [0.5, 0.6) is 0 Å². The summed E-state index contributed by atoms with van der Waals surface area (Å²) >= 11 is 6.23. The van der Waals surface area contributed by atoms with Crippen molar-refractivity contribution in [1.82, 2.24) is 24.9 Å². The van der Waals surface area contributed by atoms with Crippen LogP contribution in [-0.4, -0.2) is 44.1 Å². The van der Waals surface area contributed by atoms with Gasteiger partial charge in [0.25, 0.3) is 0 Å². The number of hydrogen-bond donors (Lipinski definition) is 0. The van der Waals surface area contributed by atoms with Gasteiger partial charge in [0, 0.05) is 42.6 Å². The van der Waals surface area contributed by atoms with Crippen LogP contribution >= 0.6 is 11.6 Å². The Morgan fingerprint density at radius 2 is 2.33 bits per heavy atom. The number of likely N-dealkylation sites (tertiary alicyclic amines) is 1. The zero-order valence-electron chi connectivity index (χ0n) is 11.5. The quantitative estimate of drug-likeness (QED) is 0.845. The fraction of sp³-hybridized carbons (Fsp3) is 0.500. The molecule has 0 N–H and O–H groups in total. The average Bonchev–Trinajstić information content (AvgIpc) is 2.98. The minimum atomic E-state index is 0.236. The molecule has 0 unspecified atom stereocenters. The molecule has 0 radical (unpaired) electrons. The molecule has 1 saturated heterocycles. The van der Waals surface area contributed by atoms with Gasteiger partial charge in [0.05, 0.1) is 30.6 Å². The molecule has 110 valence electrons. The van der Waals surface area contributed by atoms with Crippen LogP contribution in [0.3, 0.4) is 0 Å². The SMILES string of the molecule is Clc1ccncc1CN1CC[C@@H]2OCc3cnnn3[C@@H]2C1. The lowest BCUT2D eigenvalue weighted by atomic mass is 10.00. The molecule has 2 aromatic heterocycles. The van der Waals surface area contributed by atoms with E-state index in [4.69, 9.17) is 16.3 Å². The first-order chi connectivity index (χ1) is 10.3. The second-order valence-electron chi connectivity index (χ2n) is 5.58. The normalized spacial score (nSPS) is 25.4. The lowest BCUT2D eigenvalue weighted by molar-refractivity contribution is -0.0669. The molecule has 7 heteroatoms. The number of halogens is 1. The average molecular weight is 306 g/mol. The van der Waals surface area contributed by atoms with E-state index < -0.39 is 0 Å². The van der Waals surface area contributed by atoms with Gasteiger partial charge in [-0.2, -0.15) is 0 Å². The van der Waals surface area contributed by atoms with Crippen LogP contribution < -0.4 is 0 Å². The predicted molar refractivity (Wildman–Crippen MR) is 76.8 cm³/mol. The highest BCUT2D eigenvalue weighted by Gasteiger charge is 2.36. The van der Waals surface area contributed by atoms with Crippen molar-refractivity contribution in [3.05, 3.63) is 40.9 Å². The smallest absolute Gasteiger partial charge is 0.0930 e. The van der Waals surface area contributed by atoms with E-state index in [0.717, 1.165) is 42.3 Å². The summed E-state index contributed by atoms with van der Waals surface area (Å²) in [5.74, 6) is 0. The Labute approximate surface area is 127 Å². The largest absolute Gasteiger partial charge is 0.370 e. The molecule has 4 heterocycles. The maximum atomic E-state index is 6.23. The molecule has 0 spiro atoms. The van der Waals surface area contributed by atoms with Gasteiger partial charge in [-0.3, -0.25) is 9.88 Å². The molecule has 4 rings (SSSR count). The Morgan fingerprint density at radius 3 is 3.24 bits per heavy atom. The number of fused-ring (bicyclic) bond motifs is 3. The van der Waals surface area contributed by atoms with Crippen molar-refractivity contribution >= 4 is 11.6 Å². The fourth-order valence-electron chi connectivity index (χ4n) is 3.16. The third-order valence-corrected chi connectivity index (χ3v) is 4.62. The summed E-state index contributed by atoms with van der Waals surface area (Å²) in [6.45, 7) is 3.31. The Bertz CT molecular complexity index is 646. The van der Waals surface area contributed by atoms with Crippen LogP contribution in [0.25, 0.3) is 0 Å². The third kappa shape index (κ3) is 2.43. The summed E-state index contributed by atoms with van der Waals surface area (Å²) in [6, 6.07) is 2.07. The van der Waals surface area contributed by atoms with E-state index in [9.17, 15) is 0 Å². The van der Waals surface area contributed by atoms with Crippen molar-refractivity contribution < 1.29 is 4.74 Å². The van der Waals surface area contributed by atoms with E-state index in [0.29, 0.717) is 6.61 Å². The van der Waals surface area contributed by atoms with Crippen LogP contribution in [-0.2, 0) is 17.9 Å². The molecule has 6 nitrogen and oxygen atoms in total. The van der Waals surface area contributed by atoms with Gasteiger partial charge in [-0.1, -0.05) is 16.8 Å². The van der Waals surface area contributed by atoms with Gasteiger partial charge in [-0.25, -0.2) is 4.68 Å². The van der Waals surface area contributed by atoms with Gasteiger partial charge in [0.1, 0.15) is 0 Å². The molecular formula is C14H16ClN5O. The number of piperidine rings is 1. The molecule has 1 fully saturated rings. The molecule has 2 aliphatic heterocycles.